The average Bonchev–Trinajstić information content (AvgIpc) is 3.67. The summed E-state index contributed by atoms with van der Waals surface area (Å²) in [6.07, 6.45) is -2.31. The third kappa shape index (κ3) is 6.60. The van der Waals surface area contributed by atoms with Gasteiger partial charge in [0, 0.05) is 29.3 Å². The molecule has 1 fully saturated rings. The second-order valence-electron chi connectivity index (χ2n) is 9.37. The van der Waals surface area contributed by atoms with Crippen molar-refractivity contribution in [1.82, 2.24) is 15.1 Å². The summed E-state index contributed by atoms with van der Waals surface area (Å²) < 4.78 is 42.3. The Hall–Kier alpha value is -4.80. The molecule has 0 unspecified atom stereocenters. The number of hydrogen-bond donors (Lipinski definition) is 3. The van der Waals surface area contributed by atoms with Gasteiger partial charge in [-0.2, -0.15) is 9.78 Å². The number of alkyl halides is 3. The molecule has 1 aliphatic carbocycles. The van der Waals surface area contributed by atoms with Crippen LogP contribution in [0.5, 0.6) is 11.5 Å². The molecule has 11 heteroatoms. The van der Waals surface area contributed by atoms with Gasteiger partial charge in [0.05, 0.1) is 11.4 Å². The highest BCUT2D eigenvalue weighted by Crippen LogP contribution is 2.42. The first-order valence-electron chi connectivity index (χ1n) is 12.6. The van der Waals surface area contributed by atoms with Gasteiger partial charge < -0.3 is 20.5 Å². The molecule has 1 saturated carbocycles. The molecule has 0 spiro atoms. The van der Waals surface area contributed by atoms with Gasteiger partial charge >= 0.3 is 12.4 Å². The van der Waals surface area contributed by atoms with Crippen LogP contribution in [0, 0.1) is 0 Å². The van der Waals surface area contributed by atoms with E-state index >= 15 is 0 Å². The zero-order valence-electron chi connectivity index (χ0n) is 21.1. The fourth-order valence-electron chi connectivity index (χ4n) is 4.22. The minimum Gasteiger partial charge on any atom is -0.507 e. The predicted molar refractivity (Wildman–Crippen MR) is 141 cm³/mol. The second kappa shape index (κ2) is 11.1. The number of amides is 2. The smallest absolute Gasteiger partial charge is 0.507 e. The molecule has 4 aromatic rings. The topological polar surface area (TPSA) is 105 Å². The minimum absolute atomic E-state index is 0.0943. The van der Waals surface area contributed by atoms with Gasteiger partial charge in [0.25, 0.3) is 5.91 Å². The first-order chi connectivity index (χ1) is 19.2. The van der Waals surface area contributed by atoms with Crippen molar-refractivity contribution in [3.63, 3.8) is 0 Å². The van der Waals surface area contributed by atoms with E-state index in [-0.39, 0.29) is 23.3 Å². The van der Waals surface area contributed by atoms with Crippen LogP contribution in [0.25, 0.3) is 11.3 Å². The second-order valence-corrected chi connectivity index (χ2v) is 9.37. The van der Waals surface area contributed by atoms with E-state index in [2.05, 4.69) is 20.5 Å². The number of aromatic nitrogens is 2. The van der Waals surface area contributed by atoms with E-state index in [1.165, 1.54) is 35.0 Å². The molecule has 5 rings (SSSR count). The number of carbonyl (C=O) groups excluding carboxylic acids is 2. The normalized spacial score (nSPS) is 13.1. The number of phenolic OH excluding ortho intramolecular Hbond substituents is 1. The molecule has 0 aliphatic heterocycles. The number of aromatic hydroxyl groups is 1. The van der Waals surface area contributed by atoms with Gasteiger partial charge in [-0.05, 0) is 73.4 Å². The lowest BCUT2D eigenvalue weighted by Gasteiger charge is -2.10. The van der Waals surface area contributed by atoms with E-state index in [4.69, 9.17) is 0 Å². The number of nitrogens with one attached hydrogen (secondary N) is 2. The number of anilines is 1. The van der Waals surface area contributed by atoms with Crippen LogP contribution in [0.1, 0.15) is 40.4 Å². The van der Waals surface area contributed by atoms with E-state index < -0.39 is 18.0 Å². The summed E-state index contributed by atoms with van der Waals surface area (Å²) in [6, 6.07) is 20.1. The maximum absolute atomic E-state index is 13.0. The molecular weight excluding hydrogens is 525 g/mol. The van der Waals surface area contributed by atoms with Gasteiger partial charge in [-0.3, -0.25) is 4.79 Å². The van der Waals surface area contributed by atoms with Crippen LogP contribution in [0.2, 0.25) is 0 Å². The third-order valence-electron chi connectivity index (χ3n) is 6.34. The van der Waals surface area contributed by atoms with Gasteiger partial charge in [-0.15, -0.1) is 13.2 Å². The predicted octanol–water partition coefficient (Wildman–Crippen LogP) is 6.08. The number of phenols is 1. The van der Waals surface area contributed by atoms with E-state index in [0.717, 1.165) is 36.2 Å². The number of benzene rings is 3. The first kappa shape index (κ1) is 26.8. The quantitative estimate of drug-likeness (QED) is 0.231. The molecule has 3 aromatic carbocycles. The molecule has 0 saturated heterocycles. The SMILES string of the molecule is O=C(Nc1ccc(O)c(-c2cc(C3CC3)n(C(=O)NCCc3ccccc3)n2)c1)c1ccc(OC(F)(F)F)cc1. The number of hydrogen-bond acceptors (Lipinski definition) is 5. The van der Waals surface area contributed by atoms with Crippen molar-refractivity contribution >= 4 is 17.6 Å². The van der Waals surface area contributed by atoms with Crippen LogP contribution in [-0.2, 0) is 6.42 Å². The zero-order chi connectivity index (χ0) is 28.3. The molecule has 8 nitrogen and oxygen atoms in total. The van der Waals surface area contributed by atoms with Gasteiger partial charge in [-0.1, -0.05) is 30.3 Å². The first-order valence-corrected chi connectivity index (χ1v) is 12.6. The summed E-state index contributed by atoms with van der Waals surface area (Å²) in [7, 11) is 0. The van der Waals surface area contributed by atoms with E-state index in [0.29, 0.717) is 29.9 Å². The highest BCUT2D eigenvalue weighted by Gasteiger charge is 2.32. The lowest BCUT2D eigenvalue weighted by atomic mass is 10.1. The van der Waals surface area contributed by atoms with Crippen LogP contribution in [0.3, 0.4) is 0 Å². The standard InChI is InChI=1S/C29H25F3N4O4/c30-29(31,32)40-22-11-8-20(9-12-22)27(38)34-21-10-13-26(37)23(16-21)24-17-25(19-6-7-19)36(35-24)28(39)33-15-14-18-4-2-1-3-5-18/h1-5,8-13,16-17,19,37H,6-7,14-15H2,(H,33,39)(H,34,38). The molecule has 0 atom stereocenters. The number of carbonyl (C=O) groups is 2. The number of halogens is 3. The number of nitrogens with zero attached hydrogens (tertiary/aromatic N) is 2. The third-order valence-corrected chi connectivity index (χ3v) is 6.34. The Balaban J connectivity index is 1.30. The number of rotatable bonds is 8. The van der Waals surface area contributed by atoms with Crippen molar-refractivity contribution in [2.75, 3.05) is 11.9 Å². The van der Waals surface area contributed by atoms with Gasteiger partial charge in [-0.25, -0.2) is 4.79 Å². The fourth-order valence-corrected chi connectivity index (χ4v) is 4.22. The molecule has 2 amide bonds. The molecule has 1 aromatic heterocycles. The van der Waals surface area contributed by atoms with Gasteiger partial charge in [0.2, 0.25) is 0 Å². The Morgan fingerprint density at radius 1 is 1.00 bits per heavy atom. The summed E-state index contributed by atoms with van der Waals surface area (Å²) in [5.41, 5.74) is 2.94. The highest BCUT2D eigenvalue weighted by atomic mass is 19.4. The number of ether oxygens (including phenoxy) is 1. The average molecular weight is 551 g/mol. The molecule has 1 aliphatic rings. The molecular formula is C29H25F3N4O4. The van der Waals surface area contributed by atoms with Crippen molar-refractivity contribution in [3.05, 3.63) is 95.7 Å². The largest absolute Gasteiger partial charge is 0.573 e. The van der Waals surface area contributed by atoms with Crippen molar-refractivity contribution in [1.29, 1.82) is 0 Å². The summed E-state index contributed by atoms with van der Waals surface area (Å²) in [5.74, 6) is -0.919. The van der Waals surface area contributed by atoms with Crippen molar-refractivity contribution < 1.29 is 32.6 Å². The Morgan fingerprint density at radius 2 is 1.73 bits per heavy atom. The molecule has 0 bridgehead atoms. The maximum atomic E-state index is 13.0. The van der Waals surface area contributed by atoms with E-state index in [1.54, 1.807) is 6.07 Å². The Bertz CT molecular complexity index is 1510. The van der Waals surface area contributed by atoms with Crippen LogP contribution < -0.4 is 15.4 Å². The van der Waals surface area contributed by atoms with Crippen LogP contribution in [0.4, 0.5) is 23.7 Å². The summed E-state index contributed by atoms with van der Waals surface area (Å²) in [6.45, 7) is 0.429. The van der Waals surface area contributed by atoms with Gasteiger partial charge in [0.1, 0.15) is 11.5 Å². The molecule has 0 radical (unpaired) electrons. The van der Waals surface area contributed by atoms with E-state index in [1.807, 2.05) is 30.3 Å². The lowest BCUT2D eigenvalue weighted by molar-refractivity contribution is -0.274. The summed E-state index contributed by atoms with van der Waals surface area (Å²) in [5, 5.41) is 20.6. The highest BCUT2D eigenvalue weighted by molar-refractivity contribution is 6.04. The fraction of sp³-hybridized carbons (Fsp3) is 0.207. The van der Waals surface area contributed by atoms with E-state index in [9.17, 15) is 27.9 Å². The minimum atomic E-state index is -4.83. The maximum Gasteiger partial charge on any atom is 0.573 e. The summed E-state index contributed by atoms with van der Waals surface area (Å²) >= 11 is 0. The van der Waals surface area contributed by atoms with Crippen LogP contribution in [-0.4, -0.2) is 39.7 Å². The lowest BCUT2D eigenvalue weighted by Crippen LogP contribution is -2.32. The van der Waals surface area contributed by atoms with Crippen LogP contribution in [0.15, 0.2) is 78.9 Å². The van der Waals surface area contributed by atoms with Crippen molar-refractivity contribution in [2.45, 2.75) is 31.5 Å². The van der Waals surface area contributed by atoms with Gasteiger partial charge in [0.15, 0.2) is 0 Å². The molecule has 206 valence electrons. The molecule has 3 N–H and O–H groups in total. The van der Waals surface area contributed by atoms with Crippen molar-refractivity contribution in [3.8, 4) is 22.8 Å². The Morgan fingerprint density at radius 3 is 2.40 bits per heavy atom. The van der Waals surface area contributed by atoms with Crippen molar-refractivity contribution in [2.24, 2.45) is 0 Å². The Kier molecular flexibility index (Phi) is 7.45. The summed E-state index contributed by atoms with van der Waals surface area (Å²) in [4.78, 5) is 25.7. The zero-order valence-corrected chi connectivity index (χ0v) is 21.1. The Labute approximate surface area is 227 Å². The monoisotopic (exact) mass is 550 g/mol. The van der Waals surface area contributed by atoms with Crippen LogP contribution >= 0.6 is 0 Å². The molecule has 1 heterocycles. The molecule has 40 heavy (non-hydrogen) atoms.